The van der Waals surface area contributed by atoms with Gasteiger partial charge in [-0.25, -0.2) is 0 Å². The fourth-order valence-electron chi connectivity index (χ4n) is 1.98. The van der Waals surface area contributed by atoms with Crippen molar-refractivity contribution in [1.29, 1.82) is 0 Å². The van der Waals surface area contributed by atoms with Crippen molar-refractivity contribution in [3.63, 3.8) is 0 Å². The van der Waals surface area contributed by atoms with Crippen molar-refractivity contribution >= 4 is 5.91 Å². The Labute approximate surface area is 113 Å². The second-order valence-corrected chi connectivity index (χ2v) is 4.81. The van der Waals surface area contributed by atoms with Crippen molar-refractivity contribution in [2.75, 3.05) is 0 Å². The standard InChI is InChI=1S/C15H19N3O/c1-11(8-9-13-6-4-3-5-7-13)17-15(19)14-10-16-18-12(14)2/h3-7,10-11H,8-9H2,1-2H3,(H,16,18)(H,17,19). The van der Waals surface area contributed by atoms with Crippen LogP contribution in [0.25, 0.3) is 0 Å². The number of aryl methyl sites for hydroxylation is 2. The lowest BCUT2D eigenvalue weighted by Gasteiger charge is -2.13. The van der Waals surface area contributed by atoms with Gasteiger partial charge in [0.05, 0.1) is 11.8 Å². The normalized spacial score (nSPS) is 12.1. The molecular formula is C15H19N3O. The van der Waals surface area contributed by atoms with Crippen molar-refractivity contribution in [3.05, 3.63) is 53.3 Å². The molecule has 0 fully saturated rings. The number of aromatic amines is 1. The van der Waals surface area contributed by atoms with Crippen molar-refractivity contribution in [3.8, 4) is 0 Å². The number of carbonyl (C=O) groups is 1. The number of amides is 1. The van der Waals surface area contributed by atoms with Gasteiger partial charge in [-0.2, -0.15) is 5.10 Å². The first-order valence-electron chi connectivity index (χ1n) is 6.51. The molecule has 2 aromatic rings. The highest BCUT2D eigenvalue weighted by atomic mass is 16.1. The SMILES string of the molecule is Cc1[nH]ncc1C(=O)NC(C)CCc1ccccc1. The summed E-state index contributed by atoms with van der Waals surface area (Å²) in [6.07, 6.45) is 3.45. The maximum atomic E-state index is 12.0. The van der Waals surface area contributed by atoms with E-state index in [-0.39, 0.29) is 11.9 Å². The Morgan fingerprint density at radius 3 is 2.74 bits per heavy atom. The molecule has 4 nitrogen and oxygen atoms in total. The molecule has 0 spiro atoms. The van der Waals surface area contributed by atoms with Crippen LogP contribution in [0.4, 0.5) is 0 Å². The Morgan fingerprint density at radius 1 is 1.37 bits per heavy atom. The van der Waals surface area contributed by atoms with Gasteiger partial charge >= 0.3 is 0 Å². The summed E-state index contributed by atoms with van der Waals surface area (Å²) in [6, 6.07) is 10.4. The smallest absolute Gasteiger partial charge is 0.254 e. The van der Waals surface area contributed by atoms with E-state index in [4.69, 9.17) is 0 Å². The minimum absolute atomic E-state index is 0.0631. The van der Waals surface area contributed by atoms with E-state index in [1.54, 1.807) is 6.20 Å². The van der Waals surface area contributed by atoms with Gasteiger partial charge in [-0.15, -0.1) is 0 Å². The van der Waals surface area contributed by atoms with Crippen LogP contribution in [-0.4, -0.2) is 22.1 Å². The van der Waals surface area contributed by atoms with E-state index in [1.165, 1.54) is 5.56 Å². The van der Waals surface area contributed by atoms with Crippen molar-refractivity contribution in [2.24, 2.45) is 0 Å². The lowest BCUT2D eigenvalue weighted by molar-refractivity contribution is 0.0938. The van der Waals surface area contributed by atoms with Crippen LogP contribution in [0, 0.1) is 6.92 Å². The minimum atomic E-state index is -0.0631. The molecule has 0 saturated carbocycles. The zero-order chi connectivity index (χ0) is 13.7. The van der Waals surface area contributed by atoms with Gasteiger partial charge in [0.2, 0.25) is 0 Å². The Hall–Kier alpha value is -2.10. The lowest BCUT2D eigenvalue weighted by atomic mass is 10.1. The third-order valence-corrected chi connectivity index (χ3v) is 3.16. The molecule has 1 unspecified atom stereocenters. The van der Waals surface area contributed by atoms with Crippen LogP contribution in [0.2, 0.25) is 0 Å². The molecule has 0 aliphatic carbocycles. The molecule has 0 radical (unpaired) electrons. The number of H-pyrrole nitrogens is 1. The molecule has 1 aromatic heterocycles. The molecule has 1 amide bonds. The van der Waals surface area contributed by atoms with Gasteiger partial charge in [0.15, 0.2) is 0 Å². The highest BCUT2D eigenvalue weighted by Crippen LogP contribution is 2.07. The summed E-state index contributed by atoms with van der Waals surface area (Å²) in [6.45, 7) is 3.87. The number of hydrogen-bond donors (Lipinski definition) is 2. The van der Waals surface area contributed by atoms with Crippen LogP contribution in [-0.2, 0) is 6.42 Å². The van der Waals surface area contributed by atoms with E-state index in [9.17, 15) is 4.79 Å². The van der Waals surface area contributed by atoms with E-state index in [1.807, 2.05) is 32.0 Å². The average molecular weight is 257 g/mol. The number of nitrogens with zero attached hydrogens (tertiary/aromatic N) is 1. The van der Waals surface area contributed by atoms with Crippen LogP contribution in [0.1, 0.15) is 35.0 Å². The quantitative estimate of drug-likeness (QED) is 0.864. The molecule has 0 aliphatic heterocycles. The van der Waals surface area contributed by atoms with Crippen molar-refractivity contribution < 1.29 is 4.79 Å². The maximum Gasteiger partial charge on any atom is 0.254 e. The number of benzene rings is 1. The Balaban J connectivity index is 1.83. The van der Waals surface area contributed by atoms with Crippen molar-refractivity contribution in [1.82, 2.24) is 15.5 Å². The van der Waals surface area contributed by atoms with E-state index in [0.717, 1.165) is 18.5 Å². The predicted molar refractivity (Wildman–Crippen MR) is 75.0 cm³/mol. The van der Waals surface area contributed by atoms with Gasteiger partial charge in [0.25, 0.3) is 5.91 Å². The first kappa shape index (κ1) is 13.3. The van der Waals surface area contributed by atoms with Crippen LogP contribution < -0.4 is 5.32 Å². The molecule has 4 heteroatoms. The van der Waals surface area contributed by atoms with Crippen LogP contribution in [0.15, 0.2) is 36.5 Å². The number of rotatable bonds is 5. The highest BCUT2D eigenvalue weighted by molar-refractivity contribution is 5.95. The minimum Gasteiger partial charge on any atom is -0.349 e. The molecule has 1 heterocycles. The number of aromatic nitrogens is 2. The fourth-order valence-corrected chi connectivity index (χ4v) is 1.98. The molecule has 0 saturated heterocycles. The monoisotopic (exact) mass is 257 g/mol. The Bertz CT molecular complexity index is 533. The van der Waals surface area contributed by atoms with Gasteiger partial charge in [0, 0.05) is 11.7 Å². The first-order valence-corrected chi connectivity index (χ1v) is 6.51. The van der Waals surface area contributed by atoms with Gasteiger partial charge in [-0.1, -0.05) is 30.3 Å². The summed E-state index contributed by atoms with van der Waals surface area (Å²) in [5.74, 6) is -0.0631. The zero-order valence-electron chi connectivity index (χ0n) is 11.3. The number of hydrogen-bond acceptors (Lipinski definition) is 2. The van der Waals surface area contributed by atoms with Crippen LogP contribution in [0.5, 0.6) is 0 Å². The predicted octanol–water partition coefficient (Wildman–Crippen LogP) is 2.47. The molecule has 0 bridgehead atoms. The van der Waals surface area contributed by atoms with Crippen molar-refractivity contribution in [2.45, 2.75) is 32.7 Å². The van der Waals surface area contributed by atoms with Gasteiger partial charge in [-0.3, -0.25) is 9.89 Å². The largest absolute Gasteiger partial charge is 0.349 e. The third kappa shape index (κ3) is 3.68. The van der Waals surface area contributed by atoms with E-state index in [2.05, 4.69) is 27.6 Å². The summed E-state index contributed by atoms with van der Waals surface area (Å²) in [4.78, 5) is 12.0. The topological polar surface area (TPSA) is 57.8 Å². The Kier molecular flexibility index (Phi) is 4.34. The molecule has 19 heavy (non-hydrogen) atoms. The van der Waals surface area contributed by atoms with Gasteiger partial charge in [0.1, 0.15) is 0 Å². The maximum absolute atomic E-state index is 12.0. The van der Waals surface area contributed by atoms with Gasteiger partial charge < -0.3 is 5.32 Å². The number of carbonyl (C=O) groups excluding carboxylic acids is 1. The highest BCUT2D eigenvalue weighted by Gasteiger charge is 2.13. The van der Waals surface area contributed by atoms with E-state index < -0.39 is 0 Å². The molecule has 1 atom stereocenters. The van der Waals surface area contributed by atoms with Gasteiger partial charge in [-0.05, 0) is 32.3 Å². The molecule has 2 N–H and O–H groups in total. The van der Waals surface area contributed by atoms with E-state index >= 15 is 0 Å². The zero-order valence-corrected chi connectivity index (χ0v) is 11.3. The molecular weight excluding hydrogens is 238 g/mol. The molecule has 100 valence electrons. The summed E-state index contributed by atoms with van der Waals surface area (Å²) >= 11 is 0. The lowest BCUT2D eigenvalue weighted by Crippen LogP contribution is -2.33. The molecule has 1 aromatic carbocycles. The summed E-state index contributed by atoms with van der Waals surface area (Å²) in [5.41, 5.74) is 2.71. The second kappa shape index (κ2) is 6.18. The Morgan fingerprint density at radius 2 is 2.11 bits per heavy atom. The first-order chi connectivity index (χ1) is 9.16. The van der Waals surface area contributed by atoms with Crippen LogP contribution in [0.3, 0.4) is 0 Å². The van der Waals surface area contributed by atoms with E-state index in [0.29, 0.717) is 5.56 Å². The number of nitrogens with one attached hydrogen (secondary N) is 2. The summed E-state index contributed by atoms with van der Waals surface area (Å²) in [7, 11) is 0. The second-order valence-electron chi connectivity index (χ2n) is 4.81. The molecule has 0 aliphatic rings. The summed E-state index contributed by atoms with van der Waals surface area (Å²) in [5, 5.41) is 9.62. The summed E-state index contributed by atoms with van der Waals surface area (Å²) < 4.78 is 0. The average Bonchev–Trinajstić information content (AvgIpc) is 2.84. The van der Waals surface area contributed by atoms with Crippen LogP contribution >= 0.6 is 0 Å². The molecule has 2 rings (SSSR count). The fraction of sp³-hybridized carbons (Fsp3) is 0.333. The third-order valence-electron chi connectivity index (χ3n) is 3.16.